The van der Waals surface area contributed by atoms with Crippen LogP contribution in [0, 0.1) is 6.92 Å². The van der Waals surface area contributed by atoms with E-state index in [1.807, 2.05) is 49.4 Å². The second-order valence-corrected chi connectivity index (χ2v) is 8.30. The fourth-order valence-electron chi connectivity index (χ4n) is 3.31. The quantitative estimate of drug-likeness (QED) is 0.464. The van der Waals surface area contributed by atoms with Crippen LogP contribution >= 0.6 is 11.8 Å². The molecule has 0 saturated carbocycles. The lowest BCUT2D eigenvalue weighted by Crippen LogP contribution is -2.27. The van der Waals surface area contributed by atoms with Crippen molar-refractivity contribution >= 4 is 29.0 Å². The molecule has 0 aliphatic carbocycles. The molecule has 0 radical (unpaired) electrons. The van der Waals surface area contributed by atoms with Gasteiger partial charge in [-0.1, -0.05) is 35.9 Å². The summed E-state index contributed by atoms with van der Waals surface area (Å²) in [5, 5.41) is -0.271. The van der Waals surface area contributed by atoms with Gasteiger partial charge in [0.15, 0.2) is 11.5 Å². The summed E-state index contributed by atoms with van der Waals surface area (Å²) in [5.74, 6) is 0.847. The smallest absolute Gasteiger partial charge is 0.293 e. The van der Waals surface area contributed by atoms with Gasteiger partial charge in [-0.3, -0.25) is 19.5 Å². The molecule has 2 aromatic carbocycles. The Morgan fingerprint density at radius 2 is 1.81 bits per heavy atom. The highest BCUT2D eigenvalue weighted by molar-refractivity contribution is 8.18. The first-order chi connectivity index (χ1) is 15.5. The summed E-state index contributed by atoms with van der Waals surface area (Å²) in [6.45, 7) is 2.62. The van der Waals surface area contributed by atoms with Gasteiger partial charge in [0.25, 0.3) is 11.1 Å². The molecule has 1 aromatic heterocycles. The standard InChI is InChI=1S/C25H22N2O4S/c1-17-4-3-5-20(12-17)15-27-24(28)23(32-25(27)29)14-19-6-7-21(22(13-19)30-2)31-16-18-8-10-26-11-9-18/h3-14H,15-16H2,1-2H3/b23-14-. The Labute approximate surface area is 190 Å². The van der Waals surface area contributed by atoms with Crippen molar-refractivity contribution < 1.29 is 19.1 Å². The monoisotopic (exact) mass is 446 g/mol. The molecule has 0 bridgehead atoms. The van der Waals surface area contributed by atoms with Crippen molar-refractivity contribution in [2.45, 2.75) is 20.1 Å². The number of aromatic nitrogens is 1. The van der Waals surface area contributed by atoms with Crippen molar-refractivity contribution in [1.29, 1.82) is 0 Å². The van der Waals surface area contributed by atoms with E-state index in [2.05, 4.69) is 4.98 Å². The number of imide groups is 1. The maximum Gasteiger partial charge on any atom is 0.293 e. The second kappa shape index (κ2) is 9.70. The minimum atomic E-state index is -0.293. The number of hydrogen-bond acceptors (Lipinski definition) is 6. The Morgan fingerprint density at radius 3 is 2.56 bits per heavy atom. The third-order valence-corrected chi connectivity index (χ3v) is 5.83. The first-order valence-electron chi connectivity index (χ1n) is 10.0. The molecule has 1 saturated heterocycles. The Morgan fingerprint density at radius 1 is 1.00 bits per heavy atom. The maximum absolute atomic E-state index is 12.8. The van der Waals surface area contributed by atoms with Gasteiger partial charge >= 0.3 is 0 Å². The molecule has 162 valence electrons. The highest BCUT2D eigenvalue weighted by Gasteiger charge is 2.35. The lowest BCUT2D eigenvalue weighted by atomic mass is 10.1. The summed E-state index contributed by atoms with van der Waals surface area (Å²) in [6, 6.07) is 17.0. The minimum Gasteiger partial charge on any atom is -0.493 e. The average molecular weight is 447 g/mol. The van der Waals surface area contributed by atoms with Crippen molar-refractivity contribution in [2.24, 2.45) is 0 Å². The number of aryl methyl sites for hydroxylation is 1. The first-order valence-corrected chi connectivity index (χ1v) is 10.9. The average Bonchev–Trinajstić information content (AvgIpc) is 3.06. The molecule has 2 amide bonds. The van der Waals surface area contributed by atoms with Crippen LogP contribution in [0.3, 0.4) is 0 Å². The van der Waals surface area contributed by atoms with E-state index in [1.54, 1.807) is 37.7 Å². The number of ether oxygens (including phenoxy) is 2. The van der Waals surface area contributed by atoms with E-state index in [-0.39, 0.29) is 17.7 Å². The van der Waals surface area contributed by atoms with Crippen LogP contribution in [0.1, 0.15) is 22.3 Å². The summed E-state index contributed by atoms with van der Waals surface area (Å²) < 4.78 is 11.3. The third kappa shape index (κ3) is 5.00. The lowest BCUT2D eigenvalue weighted by Gasteiger charge is -2.13. The summed E-state index contributed by atoms with van der Waals surface area (Å²) >= 11 is 0.946. The molecule has 0 unspecified atom stereocenters. The van der Waals surface area contributed by atoms with E-state index in [1.165, 1.54) is 4.90 Å². The number of nitrogens with zero attached hydrogens (tertiary/aromatic N) is 2. The molecule has 1 aliphatic heterocycles. The van der Waals surface area contributed by atoms with Crippen LogP contribution in [0.5, 0.6) is 11.5 Å². The molecule has 2 heterocycles. The normalized spacial score (nSPS) is 14.8. The Bertz CT molecular complexity index is 1180. The fraction of sp³-hybridized carbons (Fsp3) is 0.160. The van der Waals surface area contributed by atoms with E-state index < -0.39 is 0 Å². The van der Waals surface area contributed by atoms with Crippen LogP contribution in [0.15, 0.2) is 71.9 Å². The molecular weight excluding hydrogens is 424 g/mol. The van der Waals surface area contributed by atoms with Crippen LogP contribution in [-0.4, -0.2) is 28.1 Å². The van der Waals surface area contributed by atoms with Crippen molar-refractivity contribution in [2.75, 3.05) is 7.11 Å². The summed E-state index contributed by atoms with van der Waals surface area (Å²) in [6.07, 6.45) is 5.13. The maximum atomic E-state index is 12.8. The Kier molecular flexibility index (Phi) is 6.56. The van der Waals surface area contributed by atoms with Gasteiger partial charge in [0.05, 0.1) is 18.6 Å². The van der Waals surface area contributed by atoms with Crippen LogP contribution in [0.4, 0.5) is 4.79 Å². The molecule has 1 fully saturated rings. The molecular formula is C25H22N2O4S. The zero-order valence-electron chi connectivity index (χ0n) is 17.8. The van der Waals surface area contributed by atoms with Crippen LogP contribution in [-0.2, 0) is 17.9 Å². The summed E-state index contributed by atoms with van der Waals surface area (Å²) in [7, 11) is 1.56. The number of hydrogen-bond donors (Lipinski definition) is 0. The molecule has 7 heteroatoms. The highest BCUT2D eigenvalue weighted by atomic mass is 32.2. The number of rotatable bonds is 7. The largest absolute Gasteiger partial charge is 0.493 e. The molecule has 0 N–H and O–H groups in total. The van der Waals surface area contributed by atoms with Gasteiger partial charge in [0.2, 0.25) is 0 Å². The van der Waals surface area contributed by atoms with Crippen LogP contribution < -0.4 is 9.47 Å². The van der Waals surface area contributed by atoms with Gasteiger partial charge < -0.3 is 9.47 Å². The zero-order valence-corrected chi connectivity index (χ0v) is 18.6. The number of amides is 2. The van der Waals surface area contributed by atoms with Gasteiger partial charge in [-0.2, -0.15) is 0 Å². The van der Waals surface area contributed by atoms with E-state index in [4.69, 9.17) is 9.47 Å². The fourth-order valence-corrected chi connectivity index (χ4v) is 4.15. The van der Waals surface area contributed by atoms with E-state index in [9.17, 15) is 9.59 Å². The molecule has 0 atom stereocenters. The molecule has 6 nitrogen and oxygen atoms in total. The number of thioether (sulfide) groups is 1. The van der Waals surface area contributed by atoms with E-state index >= 15 is 0 Å². The molecule has 32 heavy (non-hydrogen) atoms. The number of benzene rings is 2. The van der Waals surface area contributed by atoms with Crippen molar-refractivity contribution in [3.63, 3.8) is 0 Å². The van der Waals surface area contributed by atoms with Crippen LogP contribution in [0.25, 0.3) is 6.08 Å². The van der Waals surface area contributed by atoms with Gasteiger partial charge in [-0.15, -0.1) is 0 Å². The SMILES string of the molecule is COc1cc(/C=C2\SC(=O)N(Cc3cccc(C)c3)C2=O)ccc1OCc1ccncc1. The highest BCUT2D eigenvalue weighted by Crippen LogP contribution is 2.35. The predicted molar refractivity (Wildman–Crippen MR) is 124 cm³/mol. The minimum absolute atomic E-state index is 0.259. The Balaban J connectivity index is 1.49. The summed E-state index contributed by atoms with van der Waals surface area (Å²) in [5.41, 5.74) is 3.75. The van der Waals surface area contributed by atoms with Gasteiger partial charge in [-0.05, 0) is 65.7 Å². The zero-order chi connectivity index (χ0) is 22.5. The summed E-state index contributed by atoms with van der Waals surface area (Å²) in [4.78, 5) is 30.9. The lowest BCUT2D eigenvalue weighted by molar-refractivity contribution is -0.123. The topological polar surface area (TPSA) is 68.7 Å². The molecule has 0 spiro atoms. The van der Waals surface area contributed by atoms with Crippen molar-refractivity contribution in [3.05, 3.63) is 94.1 Å². The van der Waals surface area contributed by atoms with Gasteiger partial charge in [-0.25, -0.2) is 0 Å². The van der Waals surface area contributed by atoms with Crippen molar-refractivity contribution in [1.82, 2.24) is 9.88 Å². The van der Waals surface area contributed by atoms with Crippen LogP contribution in [0.2, 0.25) is 0 Å². The molecule has 3 aromatic rings. The van der Waals surface area contributed by atoms with Gasteiger partial charge in [0.1, 0.15) is 6.61 Å². The predicted octanol–water partition coefficient (Wildman–Crippen LogP) is 5.21. The number of carbonyl (C=O) groups excluding carboxylic acids is 2. The first kappa shape index (κ1) is 21.6. The Hall–Kier alpha value is -3.58. The molecule has 1 aliphatic rings. The van der Waals surface area contributed by atoms with E-state index in [0.717, 1.165) is 34.0 Å². The van der Waals surface area contributed by atoms with Gasteiger partial charge in [0, 0.05) is 12.4 Å². The van der Waals surface area contributed by atoms with E-state index in [0.29, 0.717) is 23.0 Å². The third-order valence-electron chi connectivity index (χ3n) is 4.93. The number of carbonyl (C=O) groups is 2. The molecule has 4 rings (SSSR count). The number of methoxy groups -OCH3 is 1. The van der Waals surface area contributed by atoms with Crippen molar-refractivity contribution in [3.8, 4) is 11.5 Å². The number of pyridine rings is 1. The second-order valence-electron chi connectivity index (χ2n) is 7.31.